The first kappa shape index (κ1) is 12.7. The van der Waals surface area contributed by atoms with Crippen LogP contribution in [0.15, 0.2) is 24.3 Å². The van der Waals surface area contributed by atoms with E-state index in [1.807, 2.05) is 6.92 Å². The van der Waals surface area contributed by atoms with Gasteiger partial charge < -0.3 is 5.11 Å². The quantitative estimate of drug-likeness (QED) is 0.830. The van der Waals surface area contributed by atoms with Crippen molar-refractivity contribution in [3.63, 3.8) is 0 Å². The average Bonchev–Trinajstić information content (AvgIpc) is 2.42. The molecule has 0 heterocycles. The number of hydrogen-bond acceptors (Lipinski definition) is 1. The maximum atomic E-state index is 11.9. The van der Waals surface area contributed by atoms with Crippen molar-refractivity contribution in [3.8, 4) is 0 Å². The van der Waals surface area contributed by atoms with Gasteiger partial charge >= 0.3 is 5.97 Å². The van der Waals surface area contributed by atoms with Gasteiger partial charge in [0.1, 0.15) is 0 Å². The minimum Gasteiger partial charge on any atom is -0.481 e. The van der Waals surface area contributed by atoms with Crippen molar-refractivity contribution >= 4 is 5.97 Å². The molecule has 1 saturated carbocycles. The molecule has 0 aromatic heterocycles. The summed E-state index contributed by atoms with van der Waals surface area (Å²) in [7, 11) is 0. The monoisotopic (exact) mass is 258 g/mol. The summed E-state index contributed by atoms with van der Waals surface area (Å²) >= 11 is 0. The Labute approximate surface area is 114 Å². The summed E-state index contributed by atoms with van der Waals surface area (Å²) < 4.78 is 0. The molecule has 0 bridgehead atoms. The summed E-state index contributed by atoms with van der Waals surface area (Å²) in [4.78, 5) is 11.9. The number of rotatable bonds is 1. The largest absolute Gasteiger partial charge is 0.481 e. The maximum absolute atomic E-state index is 11.9. The molecule has 1 fully saturated rings. The van der Waals surface area contributed by atoms with Gasteiger partial charge in [0.15, 0.2) is 0 Å². The molecule has 0 amide bonds. The van der Waals surface area contributed by atoms with Crippen LogP contribution in [0.4, 0.5) is 0 Å². The molecule has 0 aliphatic heterocycles. The number of carboxylic acid groups (broad SMARTS) is 1. The summed E-state index contributed by atoms with van der Waals surface area (Å²) in [6.45, 7) is 4.09. The summed E-state index contributed by atoms with van der Waals surface area (Å²) in [6.07, 6.45) is 4.23. The summed E-state index contributed by atoms with van der Waals surface area (Å²) in [5.41, 5.74) is 2.29. The van der Waals surface area contributed by atoms with Gasteiger partial charge in [-0.3, -0.25) is 4.79 Å². The van der Waals surface area contributed by atoms with Crippen molar-refractivity contribution in [2.45, 2.75) is 45.4 Å². The molecule has 0 radical (unpaired) electrons. The molecule has 2 aliphatic carbocycles. The molecular formula is C17H22O2. The first-order valence-corrected chi connectivity index (χ1v) is 7.36. The van der Waals surface area contributed by atoms with Gasteiger partial charge in [-0.15, -0.1) is 0 Å². The Kier molecular flexibility index (Phi) is 2.92. The van der Waals surface area contributed by atoms with Crippen LogP contribution >= 0.6 is 0 Å². The molecule has 1 aromatic carbocycles. The molecule has 0 spiro atoms. The van der Waals surface area contributed by atoms with E-state index in [9.17, 15) is 9.90 Å². The van der Waals surface area contributed by atoms with E-state index < -0.39 is 11.4 Å². The Hall–Kier alpha value is -1.31. The lowest BCUT2D eigenvalue weighted by Crippen LogP contribution is -2.48. The lowest BCUT2D eigenvalue weighted by molar-refractivity contribution is -0.159. The highest BCUT2D eigenvalue weighted by atomic mass is 16.4. The Balaban J connectivity index is 2.04. The van der Waals surface area contributed by atoms with Gasteiger partial charge in [0.2, 0.25) is 0 Å². The molecule has 2 nitrogen and oxygen atoms in total. The van der Waals surface area contributed by atoms with Crippen molar-refractivity contribution in [1.29, 1.82) is 0 Å². The second-order valence-electron chi connectivity index (χ2n) is 6.52. The van der Waals surface area contributed by atoms with Gasteiger partial charge in [-0.25, -0.2) is 0 Å². The predicted molar refractivity (Wildman–Crippen MR) is 75.1 cm³/mol. The third kappa shape index (κ3) is 1.73. The molecule has 1 aromatic rings. The van der Waals surface area contributed by atoms with Crippen LogP contribution in [0, 0.1) is 17.3 Å². The zero-order valence-corrected chi connectivity index (χ0v) is 11.7. The third-order valence-electron chi connectivity index (χ3n) is 5.83. The highest BCUT2D eigenvalue weighted by molar-refractivity contribution is 5.75. The van der Waals surface area contributed by atoms with E-state index in [0.717, 1.165) is 25.7 Å². The smallest absolute Gasteiger partial charge is 0.309 e. The first-order chi connectivity index (χ1) is 9.05. The van der Waals surface area contributed by atoms with E-state index in [1.165, 1.54) is 11.1 Å². The Morgan fingerprint density at radius 2 is 2.00 bits per heavy atom. The number of benzene rings is 1. The van der Waals surface area contributed by atoms with Gasteiger partial charge in [-0.05, 0) is 61.5 Å². The lowest BCUT2D eigenvalue weighted by Gasteiger charge is -2.50. The number of aliphatic carboxylic acids is 1. The van der Waals surface area contributed by atoms with Crippen LogP contribution in [-0.4, -0.2) is 11.1 Å². The van der Waals surface area contributed by atoms with Crippen LogP contribution in [0.5, 0.6) is 0 Å². The fraction of sp³-hybridized carbons (Fsp3) is 0.588. The van der Waals surface area contributed by atoms with E-state index in [0.29, 0.717) is 11.8 Å². The summed E-state index contributed by atoms with van der Waals surface area (Å²) in [6, 6.07) is 8.62. The van der Waals surface area contributed by atoms with Crippen molar-refractivity contribution in [1.82, 2.24) is 0 Å². The second kappa shape index (κ2) is 4.36. The Morgan fingerprint density at radius 1 is 1.26 bits per heavy atom. The van der Waals surface area contributed by atoms with Gasteiger partial charge in [0.05, 0.1) is 5.41 Å². The number of hydrogen-bond donors (Lipinski definition) is 1. The van der Waals surface area contributed by atoms with Crippen LogP contribution in [0.1, 0.15) is 50.2 Å². The van der Waals surface area contributed by atoms with Crippen molar-refractivity contribution < 1.29 is 9.90 Å². The topological polar surface area (TPSA) is 37.3 Å². The molecule has 0 saturated heterocycles. The van der Waals surface area contributed by atoms with Crippen LogP contribution in [0.3, 0.4) is 0 Å². The number of aryl methyl sites for hydroxylation is 1. The average molecular weight is 258 g/mol. The van der Waals surface area contributed by atoms with Gasteiger partial charge in [0.25, 0.3) is 0 Å². The van der Waals surface area contributed by atoms with Gasteiger partial charge in [-0.2, -0.15) is 0 Å². The highest BCUT2D eigenvalue weighted by Gasteiger charge is 2.52. The predicted octanol–water partition coefficient (Wildman–Crippen LogP) is 3.85. The molecule has 102 valence electrons. The molecule has 3 rings (SSSR count). The summed E-state index contributed by atoms with van der Waals surface area (Å²) in [5, 5.41) is 9.75. The van der Waals surface area contributed by atoms with E-state index in [-0.39, 0.29) is 5.92 Å². The van der Waals surface area contributed by atoms with Gasteiger partial charge in [-0.1, -0.05) is 31.2 Å². The Bertz CT molecular complexity index is 508. The fourth-order valence-corrected chi connectivity index (χ4v) is 4.39. The molecule has 2 aliphatic rings. The molecule has 1 N–H and O–H groups in total. The normalized spacial score (nSPS) is 37.3. The fourth-order valence-electron chi connectivity index (χ4n) is 4.39. The van der Waals surface area contributed by atoms with Crippen LogP contribution in [0.25, 0.3) is 0 Å². The molecular weight excluding hydrogens is 236 g/mol. The van der Waals surface area contributed by atoms with Crippen molar-refractivity contribution in [3.05, 3.63) is 35.4 Å². The van der Waals surface area contributed by atoms with E-state index in [2.05, 4.69) is 31.2 Å². The highest BCUT2D eigenvalue weighted by Crippen LogP contribution is 2.56. The number of carbonyl (C=O) groups is 1. The molecule has 19 heavy (non-hydrogen) atoms. The summed E-state index contributed by atoms with van der Waals surface area (Å²) in [5.74, 6) is 0.413. The molecule has 4 unspecified atom stereocenters. The van der Waals surface area contributed by atoms with Crippen LogP contribution in [-0.2, 0) is 11.2 Å². The zero-order chi connectivity index (χ0) is 13.6. The van der Waals surface area contributed by atoms with E-state index in [1.54, 1.807) is 0 Å². The van der Waals surface area contributed by atoms with Gasteiger partial charge in [0, 0.05) is 0 Å². The minimum absolute atomic E-state index is 0.275. The minimum atomic E-state index is -0.603. The Morgan fingerprint density at radius 3 is 2.74 bits per heavy atom. The molecule has 2 heteroatoms. The van der Waals surface area contributed by atoms with Crippen molar-refractivity contribution in [2.75, 3.05) is 0 Å². The van der Waals surface area contributed by atoms with Crippen LogP contribution in [0.2, 0.25) is 0 Å². The lowest BCUT2D eigenvalue weighted by atomic mass is 9.53. The second-order valence-corrected chi connectivity index (χ2v) is 6.52. The number of carboxylic acids is 1. The third-order valence-corrected chi connectivity index (χ3v) is 5.83. The van der Waals surface area contributed by atoms with E-state index in [4.69, 9.17) is 0 Å². The maximum Gasteiger partial charge on any atom is 0.309 e. The van der Waals surface area contributed by atoms with Crippen LogP contribution < -0.4 is 0 Å². The zero-order valence-electron chi connectivity index (χ0n) is 11.7. The van der Waals surface area contributed by atoms with E-state index >= 15 is 0 Å². The van der Waals surface area contributed by atoms with Crippen molar-refractivity contribution in [2.24, 2.45) is 17.3 Å². The molecule has 4 atom stereocenters. The SMILES string of the molecule is CC1CCC2c3ccccc3CCC2C1(C)C(=O)O. The number of fused-ring (bicyclic) bond motifs is 3. The first-order valence-electron chi connectivity index (χ1n) is 7.36. The standard InChI is InChI=1S/C17H22O2/c1-11-7-9-14-13-6-4-3-5-12(13)8-10-15(14)17(11,2)16(18)19/h3-6,11,14-15H,7-10H2,1-2H3,(H,18,19).